The summed E-state index contributed by atoms with van der Waals surface area (Å²) >= 11 is 6.28. The largest absolute Gasteiger partial charge is 0.494 e. The summed E-state index contributed by atoms with van der Waals surface area (Å²) in [6, 6.07) is 8.09. The molecule has 0 spiro atoms. The Morgan fingerprint density at radius 1 is 1.25 bits per heavy atom. The molecule has 2 aromatic rings. The molecule has 0 aliphatic heterocycles. The van der Waals surface area contributed by atoms with Gasteiger partial charge in [-0.05, 0) is 64.2 Å². The number of hydrogen-bond acceptors (Lipinski definition) is 3. The van der Waals surface area contributed by atoms with Crippen LogP contribution in [0.4, 0.5) is 0 Å². The van der Waals surface area contributed by atoms with E-state index in [-0.39, 0.29) is 0 Å². The van der Waals surface area contributed by atoms with Crippen molar-refractivity contribution in [3.05, 3.63) is 35.0 Å². The summed E-state index contributed by atoms with van der Waals surface area (Å²) in [6.07, 6.45) is 2.03. The minimum atomic E-state index is 0.602. The number of benzene rings is 1. The molecule has 1 aromatic heterocycles. The quantitative estimate of drug-likeness (QED) is 0.758. The zero-order valence-electron chi connectivity index (χ0n) is 12.3. The van der Waals surface area contributed by atoms with Gasteiger partial charge < -0.3 is 9.64 Å². The van der Waals surface area contributed by atoms with Gasteiger partial charge in [-0.2, -0.15) is 0 Å². The Kier molecular flexibility index (Phi) is 5.21. The SMILES string of the molecule is CCOc1ccc2cc(CCCN(C)C)c(Cl)nc2c1. The van der Waals surface area contributed by atoms with Crippen LogP contribution in [0.15, 0.2) is 24.3 Å². The zero-order chi connectivity index (χ0) is 14.5. The van der Waals surface area contributed by atoms with Gasteiger partial charge in [0.15, 0.2) is 0 Å². The lowest BCUT2D eigenvalue weighted by Crippen LogP contribution is -2.13. The molecule has 0 radical (unpaired) electrons. The minimum absolute atomic E-state index is 0.602. The molecule has 4 heteroatoms. The molecule has 0 atom stereocenters. The second-order valence-corrected chi connectivity index (χ2v) is 5.49. The summed E-state index contributed by atoms with van der Waals surface area (Å²) in [4.78, 5) is 6.67. The van der Waals surface area contributed by atoms with Crippen molar-refractivity contribution in [1.29, 1.82) is 0 Å². The fourth-order valence-electron chi connectivity index (χ4n) is 2.18. The first-order chi connectivity index (χ1) is 9.60. The third kappa shape index (κ3) is 3.84. The highest BCUT2D eigenvalue weighted by molar-refractivity contribution is 6.30. The van der Waals surface area contributed by atoms with Gasteiger partial charge in [0.25, 0.3) is 0 Å². The Hall–Kier alpha value is -1.32. The molecule has 0 aliphatic rings. The van der Waals surface area contributed by atoms with Crippen LogP contribution in [0.1, 0.15) is 18.9 Å². The van der Waals surface area contributed by atoms with Crippen LogP contribution >= 0.6 is 11.6 Å². The maximum Gasteiger partial charge on any atom is 0.132 e. The fraction of sp³-hybridized carbons (Fsp3) is 0.438. The second-order valence-electron chi connectivity index (χ2n) is 5.13. The van der Waals surface area contributed by atoms with E-state index in [1.807, 2.05) is 25.1 Å². The highest BCUT2D eigenvalue weighted by Crippen LogP contribution is 2.25. The second kappa shape index (κ2) is 6.91. The minimum Gasteiger partial charge on any atom is -0.494 e. The molecule has 0 fully saturated rings. The van der Waals surface area contributed by atoms with E-state index in [0.29, 0.717) is 11.8 Å². The Morgan fingerprint density at radius 3 is 2.75 bits per heavy atom. The topological polar surface area (TPSA) is 25.4 Å². The lowest BCUT2D eigenvalue weighted by Gasteiger charge is -2.11. The Morgan fingerprint density at radius 2 is 2.05 bits per heavy atom. The molecule has 0 saturated heterocycles. The van der Waals surface area contributed by atoms with E-state index < -0.39 is 0 Å². The van der Waals surface area contributed by atoms with Crippen LogP contribution in [-0.2, 0) is 6.42 Å². The summed E-state index contributed by atoms with van der Waals surface area (Å²) in [6.45, 7) is 3.68. The molecule has 0 unspecified atom stereocenters. The van der Waals surface area contributed by atoms with Crippen molar-refractivity contribution in [2.45, 2.75) is 19.8 Å². The van der Waals surface area contributed by atoms with Gasteiger partial charge >= 0.3 is 0 Å². The van der Waals surface area contributed by atoms with Crippen molar-refractivity contribution in [2.24, 2.45) is 0 Å². The van der Waals surface area contributed by atoms with Crippen LogP contribution < -0.4 is 4.74 Å². The number of hydrogen-bond donors (Lipinski definition) is 0. The Balaban J connectivity index is 2.21. The molecule has 0 aliphatic carbocycles. The predicted molar refractivity (Wildman–Crippen MR) is 84.8 cm³/mol. The van der Waals surface area contributed by atoms with Crippen LogP contribution in [-0.4, -0.2) is 37.1 Å². The fourth-order valence-corrected chi connectivity index (χ4v) is 2.42. The molecule has 1 aromatic carbocycles. The van der Waals surface area contributed by atoms with Gasteiger partial charge in [-0.1, -0.05) is 11.6 Å². The number of aryl methyl sites for hydroxylation is 1. The number of ether oxygens (including phenoxy) is 1. The van der Waals surface area contributed by atoms with Gasteiger partial charge in [0.05, 0.1) is 12.1 Å². The highest BCUT2D eigenvalue weighted by Gasteiger charge is 2.06. The first kappa shape index (κ1) is 15.1. The molecule has 0 N–H and O–H groups in total. The van der Waals surface area contributed by atoms with Gasteiger partial charge in [0.1, 0.15) is 10.9 Å². The molecule has 20 heavy (non-hydrogen) atoms. The Bertz CT molecular complexity index is 584. The number of nitrogens with zero attached hydrogens (tertiary/aromatic N) is 2. The van der Waals surface area contributed by atoms with Crippen molar-refractivity contribution in [1.82, 2.24) is 9.88 Å². The van der Waals surface area contributed by atoms with Gasteiger partial charge in [0, 0.05) is 11.5 Å². The molecule has 0 saturated carbocycles. The van der Waals surface area contributed by atoms with Gasteiger partial charge in [-0.15, -0.1) is 0 Å². The lowest BCUT2D eigenvalue weighted by atomic mass is 10.1. The van der Waals surface area contributed by atoms with E-state index in [9.17, 15) is 0 Å². The third-order valence-electron chi connectivity index (χ3n) is 3.18. The van der Waals surface area contributed by atoms with Crippen LogP contribution in [0.25, 0.3) is 10.9 Å². The highest BCUT2D eigenvalue weighted by atomic mass is 35.5. The number of aromatic nitrogens is 1. The van der Waals surface area contributed by atoms with Crippen LogP contribution in [0.3, 0.4) is 0 Å². The molecule has 0 amide bonds. The van der Waals surface area contributed by atoms with Crippen molar-refractivity contribution in [3.63, 3.8) is 0 Å². The van der Waals surface area contributed by atoms with Gasteiger partial charge in [-0.3, -0.25) is 0 Å². The third-order valence-corrected chi connectivity index (χ3v) is 3.50. The molecule has 1 heterocycles. The average Bonchev–Trinajstić information content (AvgIpc) is 2.39. The van der Waals surface area contributed by atoms with Crippen LogP contribution in [0.2, 0.25) is 5.15 Å². The maximum absolute atomic E-state index is 6.28. The summed E-state index contributed by atoms with van der Waals surface area (Å²) in [7, 11) is 4.16. The number of fused-ring (bicyclic) bond motifs is 1. The van der Waals surface area contributed by atoms with Crippen LogP contribution in [0.5, 0.6) is 5.75 Å². The van der Waals surface area contributed by atoms with E-state index in [1.165, 1.54) is 0 Å². The summed E-state index contributed by atoms with van der Waals surface area (Å²) in [5.74, 6) is 0.837. The molecule has 2 rings (SSSR count). The van der Waals surface area contributed by atoms with E-state index in [4.69, 9.17) is 16.3 Å². The van der Waals surface area contributed by atoms with Crippen molar-refractivity contribution in [3.8, 4) is 5.75 Å². The first-order valence-corrected chi connectivity index (χ1v) is 7.34. The van der Waals surface area contributed by atoms with Crippen LogP contribution in [0, 0.1) is 0 Å². The zero-order valence-corrected chi connectivity index (χ0v) is 13.1. The molecular weight excluding hydrogens is 272 g/mol. The normalized spacial score (nSPS) is 11.2. The van der Waals surface area contributed by atoms with E-state index in [1.54, 1.807) is 0 Å². The lowest BCUT2D eigenvalue weighted by molar-refractivity contribution is 0.340. The standard InChI is InChI=1S/C16H21ClN2O/c1-4-20-14-8-7-12-10-13(6-5-9-19(2)3)16(17)18-15(12)11-14/h7-8,10-11H,4-6,9H2,1-3H3. The predicted octanol–water partition coefficient (Wildman–Crippen LogP) is 3.78. The number of halogens is 1. The summed E-state index contributed by atoms with van der Waals surface area (Å²) < 4.78 is 5.49. The monoisotopic (exact) mass is 292 g/mol. The smallest absolute Gasteiger partial charge is 0.132 e. The molecular formula is C16H21ClN2O. The van der Waals surface area contributed by atoms with E-state index in [0.717, 1.165) is 41.6 Å². The average molecular weight is 293 g/mol. The summed E-state index contributed by atoms with van der Waals surface area (Å²) in [5.41, 5.74) is 2.00. The summed E-state index contributed by atoms with van der Waals surface area (Å²) in [5, 5.41) is 1.71. The molecule has 0 bridgehead atoms. The van der Waals surface area contributed by atoms with Crippen molar-refractivity contribution in [2.75, 3.05) is 27.2 Å². The first-order valence-electron chi connectivity index (χ1n) is 6.97. The van der Waals surface area contributed by atoms with Crippen molar-refractivity contribution >= 4 is 22.5 Å². The molecule has 108 valence electrons. The van der Waals surface area contributed by atoms with E-state index >= 15 is 0 Å². The van der Waals surface area contributed by atoms with E-state index in [2.05, 4.69) is 30.0 Å². The Labute approximate surface area is 125 Å². The molecule has 3 nitrogen and oxygen atoms in total. The number of rotatable bonds is 6. The van der Waals surface area contributed by atoms with Crippen molar-refractivity contribution < 1.29 is 4.74 Å². The maximum atomic E-state index is 6.28. The van der Waals surface area contributed by atoms with Gasteiger partial charge in [0.2, 0.25) is 0 Å². The number of pyridine rings is 1. The van der Waals surface area contributed by atoms with Gasteiger partial charge in [-0.25, -0.2) is 4.98 Å².